The Morgan fingerprint density at radius 2 is 1.84 bits per heavy atom. The third kappa shape index (κ3) is 6.09. The van der Waals surface area contributed by atoms with Crippen molar-refractivity contribution in [3.63, 3.8) is 0 Å². The lowest BCUT2D eigenvalue weighted by molar-refractivity contribution is 0.0336. The van der Waals surface area contributed by atoms with Crippen LogP contribution in [0.5, 0.6) is 0 Å². The third-order valence-corrected chi connectivity index (χ3v) is 2.72. The minimum absolute atomic E-state index is 0.0309. The van der Waals surface area contributed by atoms with Gasteiger partial charge in [-0.05, 0) is 26.6 Å². The minimum atomic E-state index is -2.43. The number of hydrogen-bond acceptors (Lipinski definition) is 3. The Morgan fingerprint density at radius 3 is 2.32 bits per heavy atom. The molecule has 1 unspecified atom stereocenters. The quantitative estimate of drug-likeness (QED) is 0.797. The molecule has 0 aromatic heterocycles. The van der Waals surface area contributed by atoms with Crippen molar-refractivity contribution in [1.29, 1.82) is 0 Å². The van der Waals surface area contributed by atoms with Gasteiger partial charge in [0.05, 0.1) is 5.60 Å². The first-order chi connectivity index (χ1) is 8.80. The summed E-state index contributed by atoms with van der Waals surface area (Å²) < 4.78 is 24.8. The predicted molar refractivity (Wildman–Crippen MR) is 72.3 cm³/mol. The van der Waals surface area contributed by atoms with Crippen LogP contribution in [0.2, 0.25) is 0 Å². The summed E-state index contributed by atoms with van der Waals surface area (Å²) in [6.07, 6.45) is -2.43. The van der Waals surface area contributed by atoms with Gasteiger partial charge in [0.1, 0.15) is 0 Å². The van der Waals surface area contributed by atoms with E-state index in [0.29, 0.717) is 19.6 Å². The molecule has 0 saturated heterocycles. The molecule has 108 valence electrons. The molecule has 0 aliphatic carbocycles. The fourth-order valence-corrected chi connectivity index (χ4v) is 1.99. The van der Waals surface area contributed by atoms with Crippen molar-refractivity contribution in [3.8, 4) is 0 Å². The molecule has 0 amide bonds. The highest BCUT2D eigenvalue weighted by atomic mass is 19.3. The molecule has 5 heteroatoms. The maximum Gasteiger partial charge on any atom is 0.263 e. The zero-order chi connectivity index (χ0) is 14.5. The molecule has 0 heterocycles. The summed E-state index contributed by atoms with van der Waals surface area (Å²) in [5, 5.41) is 13.2. The van der Waals surface area contributed by atoms with Gasteiger partial charge in [-0.15, -0.1) is 0 Å². The van der Waals surface area contributed by atoms with Gasteiger partial charge in [0.15, 0.2) is 0 Å². The topological polar surface area (TPSA) is 35.5 Å². The molecule has 1 aromatic carbocycles. The van der Waals surface area contributed by atoms with Crippen LogP contribution in [0.25, 0.3) is 0 Å². The van der Waals surface area contributed by atoms with Crippen molar-refractivity contribution in [3.05, 3.63) is 35.4 Å². The summed E-state index contributed by atoms with van der Waals surface area (Å²) in [6.45, 7) is 3.32. The molecule has 1 atom stereocenters. The molecule has 0 spiro atoms. The van der Waals surface area contributed by atoms with Gasteiger partial charge in [0.2, 0.25) is 0 Å². The number of nitrogens with zero attached hydrogens (tertiary/aromatic N) is 1. The first-order valence-electron chi connectivity index (χ1n) is 6.25. The summed E-state index contributed by atoms with van der Waals surface area (Å²) in [4.78, 5) is 1.92. The Bertz CT molecular complexity index is 378. The number of aliphatic hydroxyl groups is 1. The van der Waals surface area contributed by atoms with Crippen LogP contribution >= 0.6 is 0 Å². The first kappa shape index (κ1) is 16.0. The number of nitrogens with one attached hydrogen (secondary N) is 1. The van der Waals surface area contributed by atoms with Crippen LogP contribution in [-0.4, -0.2) is 42.8 Å². The average Bonchev–Trinajstić information content (AvgIpc) is 2.27. The lowest BCUT2D eigenvalue weighted by Crippen LogP contribution is -2.45. The molecular weight excluding hydrogens is 250 g/mol. The van der Waals surface area contributed by atoms with Crippen molar-refractivity contribution >= 4 is 0 Å². The van der Waals surface area contributed by atoms with Gasteiger partial charge in [-0.3, -0.25) is 0 Å². The number of rotatable bonds is 7. The molecule has 0 saturated carbocycles. The van der Waals surface area contributed by atoms with E-state index >= 15 is 0 Å². The summed E-state index contributed by atoms with van der Waals surface area (Å²) in [7, 11) is 3.80. The van der Waals surface area contributed by atoms with E-state index in [1.807, 2.05) is 19.0 Å². The van der Waals surface area contributed by atoms with Gasteiger partial charge in [-0.1, -0.05) is 24.3 Å². The summed E-state index contributed by atoms with van der Waals surface area (Å²) >= 11 is 0. The molecule has 2 N–H and O–H groups in total. The van der Waals surface area contributed by atoms with Crippen molar-refractivity contribution < 1.29 is 13.9 Å². The molecule has 19 heavy (non-hydrogen) atoms. The number of hydrogen-bond donors (Lipinski definition) is 2. The Morgan fingerprint density at radius 1 is 1.26 bits per heavy atom. The van der Waals surface area contributed by atoms with Crippen LogP contribution < -0.4 is 5.32 Å². The second-order valence-corrected chi connectivity index (χ2v) is 5.38. The van der Waals surface area contributed by atoms with Gasteiger partial charge in [-0.2, -0.15) is 0 Å². The van der Waals surface area contributed by atoms with Gasteiger partial charge >= 0.3 is 0 Å². The zero-order valence-corrected chi connectivity index (χ0v) is 11.7. The van der Waals surface area contributed by atoms with E-state index in [1.54, 1.807) is 19.1 Å². The number of benzene rings is 1. The van der Waals surface area contributed by atoms with Crippen molar-refractivity contribution in [2.45, 2.75) is 25.5 Å². The van der Waals surface area contributed by atoms with Crippen LogP contribution in [0.1, 0.15) is 24.5 Å². The molecule has 0 aliphatic heterocycles. The van der Waals surface area contributed by atoms with E-state index in [-0.39, 0.29) is 5.56 Å². The summed E-state index contributed by atoms with van der Waals surface area (Å²) in [6, 6.07) is 6.21. The Kier molecular flexibility index (Phi) is 5.85. The fraction of sp³-hybridized carbons (Fsp3) is 0.571. The highest BCUT2D eigenvalue weighted by Gasteiger charge is 2.20. The van der Waals surface area contributed by atoms with Crippen LogP contribution in [0.15, 0.2) is 24.3 Å². The fourth-order valence-electron chi connectivity index (χ4n) is 1.99. The average molecular weight is 272 g/mol. The van der Waals surface area contributed by atoms with Crippen LogP contribution in [0.4, 0.5) is 8.78 Å². The molecular formula is C14H22F2N2O. The summed E-state index contributed by atoms with van der Waals surface area (Å²) in [5.41, 5.74) is 0.139. The smallest absolute Gasteiger partial charge is 0.263 e. The van der Waals surface area contributed by atoms with E-state index in [9.17, 15) is 13.9 Å². The van der Waals surface area contributed by atoms with Crippen LogP contribution in [0.3, 0.4) is 0 Å². The SMILES string of the molecule is CN(C)CC(C)(O)CNCc1ccc(C(F)F)cc1. The zero-order valence-electron chi connectivity index (χ0n) is 11.7. The highest BCUT2D eigenvalue weighted by molar-refractivity contribution is 5.23. The minimum Gasteiger partial charge on any atom is -0.388 e. The maximum atomic E-state index is 12.4. The van der Waals surface area contributed by atoms with E-state index < -0.39 is 12.0 Å². The largest absolute Gasteiger partial charge is 0.388 e. The van der Waals surface area contributed by atoms with E-state index in [4.69, 9.17) is 0 Å². The van der Waals surface area contributed by atoms with Gasteiger partial charge in [0.25, 0.3) is 6.43 Å². The molecule has 0 aliphatic rings. The second kappa shape index (κ2) is 6.93. The second-order valence-electron chi connectivity index (χ2n) is 5.38. The van der Waals surface area contributed by atoms with E-state index in [0.717, 1.165) is 5.56 Å². The lowest BCUT2D eigenvalue weighted by atomic mass is 10.1. The molecule has 1 rings (SSSR count). The summed E-state index contributed by atoms with van der Waals surface area (Å²) in [5.74, 6) is 0. The molecule has 3 nitrogen and oxygen atoms in total. The normalized spacial score (nSPS) is 14.9. The van der Waals surface area contributed by atoms with Gasteiger partial charge in [0, 0.05) is 25.2 Å². The van der Waals surface area contributed by atoms with Crippen molar-refractivity contribution in [2.75, 3.05) is 27.2 Å². The lowest BCUT2D eigenvalue weighted by Gasteiger charge is -2.27. The van der Waals surface area contributed by atoms with Crippen LogP contribution in [0, 0.1) is 0 Å². The number of likely N-dealkylation sites (N-methyl/N-ethyl adjacent to an activating group) is 1. The first-order valence-corrected chi connectivity index (χ1v) is 6.25. The number of halogens is 2. The molecule has 0 fully saturated rings. The van der Waals surface area contributed by atoms with E-state index in [1.165, 1.54) is 12.1 Å². The van der Waals surface area contributed by atoms with Crippen LogP contribution in [-0.2, 0) is 6.54 Å². The Hall–Kier alpha value is -1.04. The standard InChI is InChI=1S/C14H22F2N2O/c1-14(19,10-18(2)3)9-17-8-11-4-6-12(7-5-11)13(15)16/h4-7,13,17,19H,8-10H2,1-3H3. The molecule has 0 bridgehead atoms. The van der Waals surface area contributed by atoms with Crippen molar-refractivity contribution in [2.24, 2.45) is 0 Å². The molecule has 1 aromatic rings. The maximum absolute atomic E-state index is 12.4. The third-order valence-electron chi connectivity index (χ3n) is 2.72. The highest BCUT2D eigenvalue weighted by Crippen LogP contribution is 2.18. The number of alkyl halides is 2. The monoisotopic (exact) mass is 272 g/mol. The Labute approximate surface area is 113 Å². The molecule has 0 radical (unpaired) electrons. The van der Waals surface area contributed by atoms with Gasteiger partial charge < -0.3 is 15.3 Å². The van der Waals surface area contributed by atoms with Gasteiger partial charge in [-0.25, -0.2) is 8.78 Å². The van der Waals surface area contributed by atoms with Crippen molar-refractivity contribution in [1.82, 2.24) is 10.2 Å². The van der Waals surface area contributed by atoms with E-state index in [2.05, 4.69) is 5.32 Å². The Balaban J connectivity index is 2.40. The predicted octanol–water partition coefficient (Wildman–Crippen LogP) is 2.03.